The molecule has 0 amide bonds. The lowest BCUT2D eigenvalue weighted by molar-refractivity contribution is 1.46. The Kier molecular flexibility index (Phi) is 3.05. The van der Waals surface area contributed by atoms with E-state index in [9.17, 15) is 0 Å². The highest BCUT2D eigenvalue weighted by atomic mass is 14.2. The summed E-state index contributed by atoms with van der Waals surface area (Å²) in [4.78, 5) is 0. The Morgan fingerprint density at radius 1 is 1.46 bits per heavy atom. The van der Waals surface area contributed by atoms with Gasteiger partial charge in [-0.15, -0.1) is 0 Å². The average Bonchev–Trinajstić information content (AvgIpc) is 2.18. The fraction of sp³-hybridized carbons (Fsp3) is 0.0833. The van der Waals surface area contributed by atoms with Crippen molar-refractivity contribution in [3.63, 3.8) is 0 Å². The standard InChI is InChI=1S/C12H11N/c1-3-11-5-4-6-12(8-11)7-10(2)9-13/h3-8H,1H2,2H3. The van der Waals surface area contributed by atoms with Gasteiger partial charge in [0.1, 0.15) is 0 Å². The van der Waals surface area contributed by atoms with Crippen LogP contribution in [0.25, 0.3) is 12.2 Å². The second-order valence-electron chi connectivity index (χ2n) is 2.81. The molecule has 1 rings (SSSR count). The molecule has 0 saturated heterocycles. The summed E-state index contributed by atoms with van der Waals surface area (Å²) in [5, 5.41) is 8.58. The molecule has 0 heterocycles. The smallest absolute Gasteiger partial charge is 0.0944 e. The topological polar surface area (TPSA) is 23.8 Å². The second kappa shape index (κ2) is 4.27. The van der Waals surface area contributed by atoms with E-state index >= 15 is 0 Å². The van der Waals surface area contributed by atoms with Gasteiger partial charge in [0.05, 0.1) is 6.07 Å². The summed E-state index contributed by atoms with van der Waals surface area (Å²) < 4.78 is 0. The molecule has 1 aromatic rings. The summed E-state index contributed by atoms with van der Waals surface area (Å²) in [5.74, 6) is 0. The molecule has 0 aliphatic carbocycles. The molecule has 64 valence electrons. The summed E-state index contributed by atoms with van der Waals surface area (Å²) >= 11 is 0. The van der Waals surface area contributed by atoms with Crippen LogP contribution in [0.3, 0.4) is 0 Å². The number of rotatable bonds is 2. The summed E-state index contributed by atoms with van der Waals surface area (Å²) in [6.45, 7) is 5.48. The van der Waals surface area contributed by atoms with Crippen LogP contribution in [-0.4, -0.2) is 0 Å². The third-order valence-corrected chi connectivity index (χ3v) is 1.71. The zero-order valence-electron chi connectivity index (χ0n) is 7.62. The van der Waals surface area contributed by atoms with Gasteiger partial charge in [0.25, 0.3) is 0 Å². The second-order valence-corrected chi connectivity index (χ2v) is 2.81. The third kappa shape index (κ3) is 2.61. The molecule has 0 spiro atoms. The highest BCUT2D eigenvalue weighted by molar-refractivity contribution is 5.60. The molecule has 0 unspecified atom stereocenters. The molecule has 1 heteroatoms. The maximum atomic E-state index is 8.58. The van der Waals surface area contributed by atoms with E-state index in [4.69, 9.17) is 5.26 Å². The zero-order chi connectivity index (χ0) is 9.68. The molecular formula is C12H11N. The molecule has 0 N–H and O–H groups in total. The number of nitrogens with zero attached hydrogens (tertiary/aromatic N) is 1. The number of hydrogen-bond acceptors (Lipinski definition) is 1. The number of allylic oxidation sites excluding steroid dienone is 1. The Balaban J connectivity index is 3.04. The molecule has 0 saturated carbocycles. The van der Waals surface area contributed by atoms with Crippen LogP contribution < -0.4 is 0 Å². The number of benzene rings is 1. The summed E-state index contributed by atoms with van der Waals surface area (Å²) in [7, 11) is 0. The fourth-order valence-electron chi connectivity index (χ4n) is 1.06. The third-order valence-electron chi connectivity index (χ3n) is 1.71. The number of nitriles is 1. The van der Waals surface area contributed by atoms with Crippen molar-refractivity contribution in [2.75, 3.05) is 0 Å². The van der Waals surface area contributed by atoms with Crippen molar-refractivity contribution in [2.45, 2.75) is 6.92 Å². The molecule has 0 aromatic heterocycles. The molecule has 0 atom stereocenters. The van der Waals surface area contributed by atoms with Gasteiger partial charge < -0.3 is 0 Å². The van der Waals surface area contributed by atoms with E-state index in [2.05, 4.69) is 12.6 Å². The Hall–Kier alpha value is -1.81. The van der Waals surface area contributed by atoms with Gasteiger partial charge in [-0.05, 0) is 30.2 Å². The van der Waals surface area contributed by atoms with Gasteiger partial charge in [0.15, 0.2) is 0 Å². The molecule has 1 nitrogen and oxygen atoms in total. The maximum Gasteiger partial charge on any atom is 0.0944 e. The first-order valence-electron chi connectivity index (χ1n) is 4.07. The molecular weight excluding hydrogens is 158 g/mol. The quantitative estimate of drug-likeness (QED) is 0.623. The first-order valence-corrected chi connectivity index (χ1v) is 4.07. The van der Waals surface area contributed by atoms with Gasteiger partial charge in [-0.3, -0.25) is 0 Å². The maximum absolute atomic E-state index is 8.58. The minimum atomic E-state index is 0.709. The summed E-state index contributed by atoms with van der Waals surface area (Å²) in [6.07, 6.45) is 3.64. The minimum absolute atomic E-state index is 0.709. The van der Waals surface area contributed by atoms with E-state index in [0.29, 0.717) is 5.57 Å². The van der Waals surface area contributed by atoms with Crippen molar-refractivity contribution < 1.29 is 0 Å². The molecule has 13 heavy (non-hydrogen) atoms. The van der Waals surface area contributed by atoms with Gasteiger partial charge >= 0.3 is 0 Å². The van der Waals surface area contributed by atoms with Gasteiger partial charge in [0.2, 0.25) is 0 Å². The van der Waals surface area contributed by atoms with Crippen LogP contribution in [0.1, 0.15) is 18.1 Å². The van der Waals surface area contributed by atoms with E-state index in [-0.39, 0.29) is 0 Å². The van der Waals surface area contributed by atoms with Crippen molar-refractivity contribution in [1.82, 2.24) is 0 Å². The normalized spacial score (nSPS) is 10.6. The van der Waals surface area contributed by atoms with Crippen molar-refractivity contribution in [2.24, 2.45) is 0 Å². The van der Waals surface area contributed by atoms with Crippen molar-refractivity contribution >= 4 is 12.2 Å². The predicted octanol–water partition coefficient (Wildman–Crippen LogP) is 3.26. The SMILES string of the molecule is C=Cc1cccc(C=C(C)C#N)c1. The lowest BCUT2D eigenvalue weighted by Gasteiger charge is -1.95. The predicted molar refractivity (Wildman–Crippen MR) is 55.8 cm³/mol. The molecule has 1 aromatic carbocycles. The van der Waals surface area contributed by atoms with Crippen LogP contribution in [0.4, 0.5) is 0 Å². The molecule has 0 aliphatic rings. The van der Waals surface area contributed by atoms with Gasteiger partial charge in [-0.25, -0.2) is 0 Å². The summed E-state index contributed by atoms with van der Waals surface area (Å²) in [6, 6.07) is 9.98. The highest BCUT2D eigenvalue weighted by Crippen LogP contribution is 2.09. The minimum Gasteiger partial charge on any atom is -0.193 e. The number of hydrogen-bond donors (Lipinski definition) is 0. The van der Waals surface area contributed by atoms with Gasteiger partial charge in [-0.1, -0.05) is 30.9 Å². The molecule has 0 bridgehead atoms. The van der Waals surface area contributed by atoms with Crippen LogP contribution in [0.2, 0.25) is 0 Å². The Labute approximate surface area is 78.6 Å². The van der Waals surface area contributed by atoms with Crippen LogP contribution in [0.15, 0.2) is 36.4 Å². The Morgan fingerprint density at radius 2 is 2.15 bits per heavy atom. The monoisotopic (exact) mass is 169 g/mol. The van der Waals surface area contributed by atoms with Crippen molar-refractivity contribution in [3.8, 4) is 6.07 Å². The zero-order valence-corrected chi connectivity index (χ0v) is 7.62. The largest absolute Gasteiger partial charge is 0.193 e. The highest BCUT2D eigenvalue weighted by Gasteiger charge is 1.90. The lowest BCUT2D eigenvalue weighted by Crippen LogP contribution is -1.76. The van der Waals surface area contributed by atoms with E-state index in [1.165, 1.54) is 0 Å². The van der Waals surface area contributed by atoms with Crippen molar-refractivity contribution in [1.29, 1.82) is 5.26 Å². The molecule has 0 aliphatic heterocycles. The van der Waals surface area contributed by atoms with Crippen LogP contribution >= 0.6 is 0 Å². The van der Waals surface area contributed by atoms with E-state index in [0.717, 1.165) is 11.1 Å². The van der Waals surface area contributed by atoms with Crippen molar-refractivity contribution in [3.05, 3.63) is 47.5 Å². The van der Waals surface area contributed by atoms with E-state index in [1.54, 1.807) is 13.0 Å². The van der Waals surface area contributed by atoms with E-state index in [1.807, 2.05) is 30.3 Å². The average molecular weight is 169 g/mol. The first kappa shape index (κ1) is 9.28. The molecule has 0 fully saturated rings. The van der Waals surface area contributed by atoms with E-state index < -0.39 is 0 Å². The van der Waals surface area contributed by atoms with Crippen LogP contribution in [0, 0.1) is 11.3 Å². The van der Waals surface area contributed by atoms with Crippen LogP contribution in [0.5, 0.6) is 0 Å². The fourth-order valence-corrected chi connectivity index (χ4v) is 1.06. The summed E-state index contributed by atoms with van der Waals surface area (Å²) in [5.41, 5.74) is 2.82. The van der Waals surface area contributed by atoms with Crippen LogP contribution in [-0.2, 0) is 0 Å². The molecule has 0 radical (unpaired) electrons. The van der Waals surface area contributed by atoms with Gasteiger partial charge in [-0.2, -0.15) is 5.26 Å². The first-order chi connectivity index (χ1) is 6.26. The lowest BCUT2D eigenvalue weighted by atomic mass is 10.1. The Bertz CT molecular complexity index is 380. The Morgan fingerprint density at radius 3 is 2.77 bits per heavy atom. The van der Waals surface area contributed by atoms with Gasteiger partial charge in [0, 0.05) is 5.57 Å².